The molecule has 0 atom stereocenters. The number of fused-ring (bicyclic) bond motifs is 1. The Bertz CT molecular complexity index is 683. The molecule has 0 saturated heterocycles. The molecule has 0 spiro atoms. The molecular formula is C17H18N2S. The molecule has 0 aliphatic rings. The largest absolute Gasteiger partial charge is 0.378 e. The molecule has 0 amide bonds. The van der Waals surface area contributed by atoms with E-state index in [0.717, 1.165) is 17.1 Å². The Labute approximate surface area is 123 Å². The average Bonchev–Trinajstić information content (AvgIpc) is 2.88. The zero-order valence-electron chi connectivity index (χ0n) is 11.8. The second kappa shape index (κ2) is 5.63. The maximum atomic E-state index is 4.66. The summed E-state index contributed by atoms with van der Waals surface area (Å²) in [5.41, 5.74) is 3.65. The van der Waals surface area contributed by atoms with Crippen LogP contribution in [0.25, 0.3) is 10.2 Å². The lowest BCUT2D eigenvalue weighted by atomic mass is 10.0. The zero-order chi connectivity index (χ0) is 13.9. The first-order chi connectivity index (χ1) is 9.74. The Balaban J connectivity index is 1.79. The first kappa shape index (κ1) is 13.1. The molecule has 0 aliphatic heterocycles. The van der Waals surface area contributed by atoms with Crippen LogP contribution in [0.4, 0.5) is 5.69 Å². The number of para-hydroxylation sites is 2. The van der Waals surface area contributed by atoms with Crippen LogP contribution in [0.5, 0.6) is 0 Å². The van der Waals surface area contributed by atoms with E-state index in [1.165, 1.54) is 16.0 Å². The second-order valence-corrected chi connectivity index (χ2v) is 6.29. The summed E-state index contributed by atoms with van der Waals surface area (Å²) in [7, 11) is 0. The van der Waals surface area contributed by atoms with Gasteiger partial charge in [0.2, 0.25) is 0 Å². The van der Waals surface area contributed by atoms with Crippen LogP contribution in [0.15, 0.2) is 48.5 Å². The predicted octanol–water partition coefficient (Wildman–Crippen LogP) is 5.03. The smallest absolute Gasteiger partial charge is 0.113 e. The Kier molecular flexibility index (Phi) is 3.70. The van der Waals surface area contributed by atoms with Crippen LogP contribution in [0.1, 0.15) is 30.3 Å². The first-order valence-electron chi connectivity index (χ1n) is 6.91. The third kappa shape index (κ3) is 2.68. The van der Waals surface area contributed by atoms with Crippen molar-refractivity contribution in [3.05, 3.63) is 59.1 Å². The van der Waals surface area contributed by atoms with Gasteiger partial charge in [-0.3, -0.25) is 0 Å². The van der Waals surface area contributed by atoms with Gasteiger partial charge >= 0.3 is 0 Å². The Morgan fingerprint density at radius 3 is 2.60 bits per heavy atom. The Hall–Kier alpha value is -1.87. The quantitative estimate of drug-likeness (QED) is 0.725. The van der Waals surface area contributed by atoms with Gasteiger partial charge in [0.25, 0.3) is 0 Å². The molecule has 0 fully saturated rings. The third-order valence-corrected chi connectivity index (χ3v) is 4.39. The number of nitrogens with zero attached hydrogens (tertiary/aromatic N) is 1. The Morgan fingerprint density at radius 2 is 1.80 bits per heavy atom. The van der Waals surface area contributed by atoms with Crippen LogP contribution in [-0.2, 0) is 6.54 Å². The van der Waals surface area contributed by atoms with E-state index in [2.05, 4.69) is 66.6 Å². The summed E-state index contributed by atoms with van der Waals surface area (Å²) in [6.45, 7) is 5.22. The van der Waals surface area contributed by atoms with Crippen molar-refractivity contribution in [2.45, 2.75) is 26.3 Å². The number of hydrogen-bond acceptors (Lipinski definition) is 3. The number of rotatable bonds is 4. The average molecular weight is 282 g/mol. The monoisotopic (exact) mass is 282 g/mol. The summed E-state index contributed by atoms with van der Waals surface area (Å²) in [5.74, 6) is 0.522. The number of thiazole rings is 1. The molecule has 20 heavy (non-hydrogen) atoms. The van der Waals surface area contributed by atoms with E-state index in [1.54, 1.807) is 11.3 Å². The predicted molar refractivity (Wildman–Crippen MR) is 87.5 cm³/mol. The molecule has 1 aromatic heterocycles. The Morgan fingerprint density at radius 1 is 1.05 bits per heavy atom. The van der Waals surface area contributed by atoms with E-state index in [1.807, 2.05) is 6.07 Å². The molecule has 2 aromatic carbocycles. The van der Waals surface area contributed by atoms with Crippen LogP contribution in [-0.4, -0.2) is 4.98 Å². The van der Waals surface area contributed by atoms with Gasteiger partial charge in [-0.15, -0.1) is 11.3 Å². The van der Waals surface area contributed by atoms with Gasteiger partial charge in [0.15, 0.2) is 0 Å². The molecule has 3 heteroatoms. The maximum absolute atomic E-state index is 4.66. The molecule has 0 aliphatic carbocycles. The van der Waals surface area contributed by atoms with Gasteiger partial charge in [-0.25, -0.2) is 4.98 Å². The van der Waals surface area contributed by atoms with Crippen molar-refractivity contribution < 1.29 is 0 Å². The van der Waals surface area contributed by atoms with Crippen molar-refractivity contribution >= 4 is 27.2 Å². The summed E-state index contributed by atoms with van der Waals surface area (Å²) < 4.78 is 1.25. The normalized spacial score (nSPS) is 11.2. The topological polar surface area (TPSA) is 24.9 Å². The summed E-state index contributed by atoms with van der Waals surface area (Å²) in [6, 6.07) is 16.8. The summed E-state index contributed by atoms with van der Waals surface area (Å²) >= 11 is 1.76. The third-order valence-electron chi connectivity index (χ3n) is 3.35. The molecule has 1 heterocycles. The van der Waals surface area contributed by atoms with Gasteiger partial charge in [0.1, 0.15) is 5.01 Å². The van der Waals surface area contributed by atoms with E-state index in [9.17, 15) is 0 Å². The highest BCUT2D eigenvalue weighted by atomic mass is 32.1. The van der Waals surface area contributed by atoms with Crippen molar-refractivity contribution in [3.8, 4) is 0 Å². The van der Waals surface area contributed by atoms with Crippen LogP contribution < -0.4 is 5.32 Å². The molecule has 3 aromatic rings. The minimum atomic E-state index is 0.522. The molecule has 1 N–H and O–H groups in total. The SMILES string of the molecule is CC(C)c1ccccc1NCc1nc2ccccc2s1. The highest BCUT2D eigenvalue weighted by Crippen LogP contribution is 2.26. The fourth-order valence-electron chi connectivity index (χ4n) is 2.33. The highest BCUT2D eigenvalue weighted by molar-refractivity contribution is 7.18. The molecule has 0 saturated carbocycles. The molecule has 0 unspecified atom stereocenters. The molecule has 2 nitrogen and oxygen atoms in total. The summed E-state index contributed by atoms with van der Waals surface area (Å²) in [4.78, 5) is 4.66. The maximum Gasteiger partial charge on any atom is 0.113 e. The number of benzene rings is 2. The van der Waals surface area contributed by atoms with Gasteiger partial charge in [-0.2, -0.15) is 0 Å². The van der Waals surface area contributed by atoms with E-state index >= 15 is 0 Å². The molecular weight excluding hydrogens is 264 g/mol. The highest BCUT2D eigenvalue weighted by Gasteiger charge is 2.07. The lowest BCUT2D eigenvalue weighted by Crippen LogP contribution is -2.02. The van der Waals surface area contributed by atoms with Gasteiger partial charge in [-0.05, 0) is 29.7 Å². The number of aromatic nitrogens is 1. The lowest BCUT2D eigenvalue weighted by Gasteiger charge is -2.13. The van der Waals surface area contributed by atoms with Crippen molar-refractivity contribution in [1.82, 2.24) is 4.98 Å². The lowest BCUT2D eigenvalue weighted by molar-refractivity contribution is 0.865. The van der Waals surface area contributed by atoms with Crippen LogP contribution in [0.3, 0.4) is 0 Å². The summed E-state index contributed by atoms with van der Waals surface area (Å²) in [5, 5.41) is 4.65. The van der Waals surface area contributed by atoms with Gasteiger partial charge in [-0.1, -0.05) is 44.2 Å². The zero-order valence-corrected chi connectivity index (χ0v) is 12.6. The van der Waals surface area contributed by atoms with E-state index in [-0.39, 0.29) is 0 Å². The van der Waals surface area contributed by atoms with Crippen molar-refractivity contribution in [2.24, 2.45) is 0 Å². The van der Waals surface area contributed by atoms with Gasteiger partial charge < -0.3 is 5.32 Å². The second-order valence-electron chi connectivity index (χ2n) is 5.17. The van der Waals surface area contributed by atoms with Crippen LogP contribution >= 0.6 is 11.3 Å². The molecule has 3 rings (SSSR count). The van der Waals surface area contributed by atoms with E-state index in [4.69, 9.17) is 0 Å². The number of nitrogens with one attached hydrogen (secondary N) is 1. The van der Waals surface area contributed by atoms with E-state index in [0.29, 0.717) is 5.92 Å². The van der Waals surface area contributed by atoms with Crippen molar-refractivity contribution in [1.29, 1.82) is 0 Å². The van der Waals surface area contributed by atoms with Gasteiger partial charge in [0, 0.05) is 5.69 Å². The standard InChI is InChI=1S/C17H18N2S/c1-12(2)13-7-3-4-8-14(13)18-11-17-19-15-9-5-6-10-16(15)20-17/h3-10,12,18H,11H2,1-2H3. The fourth-order valence-corrected chi connectivity index (χ4v) is 3.23. The minimum Gasteiger partial charge on any atom is -0.378 e. The number of hydrogen-bond donors (Lipinski definition) is 1. The fraction of sp³-hybridized carbons (Fsp3) is 0.235. The molecule has 0 radical (unpaired) electrons. The van der Waals surface area contributed by atoms with Crippen LogP contribution in [0, 0.1) is 0 Å². The summed E-state index contributed by atoms with van der Waals surface area (Å²) in [6.07, 6.45) is 0. The van der Waals surface area contributed by atoms with Crippen molar-refractivity contribution in [3.63, 3.8) is 0 Å². The molecule has 0 bridgehead atoms. The minimum absolute atomic E-state index is 0.522. The number of anilines is 1. The van der Waals surface area contributed by atoms with Crippen LogP contribution in [0.2, 0.25) is 0 Å². The molecule has 102 valence electrons. The van der Waals surface area contributed by atoms with E-state index < -0.39 is 0 Å². The van der Waals surface area contributed by atoms with Gasteiger partial charge in [0.05, 0.1) is 16.8 Å². The first-order valence-corrected chi connectivity index (χ1v) is 7.73. The van der Waals surface area contributed by atoms with Crippen molar-refractivity contribution in [2.75, 3.05) is 5.32 Å².